The SMILES string of the molecule is O=C(NCC1CCCCC1O)c1ccc2c(c1)CCCC2. The van der Waals surface area contributed by atoms with Crippen LogP contribution >= 0.6 is 0 Å². The quantitative estimate of drug-likeness (QED) is 0.898. The minimum atomic E-state index is -0.248. The summed E-state index contributed by atoms with van der Waals surface area (Å²) in [4.78, 5) is 12.3. The summed E-state index contributed by atoms with van der Waals surface area (Å²) in [5, 5.41) is 13.0. The van der Waals surface area contributed by atoms with Crippen LogP contribution in [0.15, 0.2) is 18.2 Å². The van der Waals surface area contributed by atoms with Crippen molar-refractivity contribution in [3.63, 3.8) is 0 Å². The number of hydrogen-bond donors (Lipinski definition) is 2. The topological polar surface area (TPSA) is 49.3 Å². The molecule has 3 rings (SSSR count). The molecular formula is C18H25NO2. The van der Waals surface area contributed by atoms with Crippen LogP contribution in [0.1, 0.15) is 60.0 Å². The normalized spacial score (nSPS) is 25.2. The van der Waals surface area contributed by atoms with Gasteiger partial charge in [-0.05, 0) is 61.8 Å². The predicted octanol–water partition coefficient (Wildman–Crippen LogP) is 2.85. The van der Waals surface area contributed by atoms with Crippen LogP contribution < -0.4 is 5.32 Å². The molecule has 2 aliphatic rings. The summed E-state index contributed by atoms with van der Waals surface area (Å²) in [7, 11) is 0. The molecule has 0 heterocycles. The third-order valence-corrected chi connectivity index (χ3v) is 5.00. The Morgan fingerprint density at radius 3 is 2.67 bits per heavy atom. The molecular weight excluding hydrogens is 262 g/mol. The van der Waals surface area contributed by atoms with Gasteiger partial charge in [0.05, 0.1) is 6.10 Å². The van der Waals surface area contributed by atoms with Gasteiger partial charge in [0.15, 0.2) is 0 Å². The monoisotopic (exact) mass is 287 g/mol. The van der Waals surface area contributed by atoms with Crippen LogP contribution in [0.5, 0.6) is 0 Å². The van der Waals surface area contributed by atoms with Gasteiger partial charge in [-0.2, -0.15) is 0 Å². The molecule has 2 unspecified atom stereocenters. The number of fused-ring (bicyclic) bond motifs is 1. The van der Waals surface area contributed by atoms with Gasteiger partial charge in [-0.1, -0.05) is 18.9 Å². The molecule has 2 atom stereocenters. The zero-order valence-corrected chi connectivity index (χ0v) is 12.6. The Balaban J connectivity index is 1.60. The fourth-order valence-electron chi connectivity index (χ4n) is 3.63. The van der Waals surface area contributed by atoms with E-state index < -0.39 is 0 Å². The summed E-state index contributed by atoms with van der Waals surface area (Å²) in [5.74, 6) is 0.224. The van der Waals surface area contributed by atoms with Gasteiger partial charge in [-0.25, -0.2) is 0 Å². The van der Waals surface area contributed by atoms with Crippen LogP contribution in [0.2, 0.25) is 0 Å². The number of carbonyl (C=O) groups excluding carboxylic acids is 1. The lowest BCUT2D eigenvalue weighted by molar-refractivity contribution is 0.0663. The van der Waals surface area contributed by atoms with E-state index in [9.17, 15) is 9.90 Å². The first kappa shape index (κ1) is 14.6. The molecule has 3 heteroatoms. The van der Waals surface area contributed by atoms with Gasteiger partial charge in [0.25, 0.3) is 5.91 Å². The zero-order valence-electron chi connectivity index (χ0n) is 12.6. The summed E-state index contributed by atoms with van der Waals surface area (Å²) in [6.07, 6.45) is 8.65. The number of nitrogens with one attached hydrogen (secondary N) is 1. The van der Waals surface area contributed by atoms with Crippen LogP contribution in [0, 0.1) is 5.92 Å². The summed E-state index contributed by atoms with van der Waals surface area (Å²) >= 11 is 0. The summed E-state index contributed by atoms with van der Waals surface area (Å²) in [6, 6.07) is 6.11. The second-order valence-corrected chi connectivity index (χ2v) is 6.51. The first-order valence-corrected chi connectivity index (χ1v) is 8.32. The standard InChI is InChI=1S/C18H25NO2/c20-17-8-4-3-7-16(17)12-19-18(21)15-10-9-13-5-1-2-6-14(13)11-15/h9-11,16-17,20H,1-8,12H2,(H,19,21). The molecule has 21 heavy (non-hydrogen) atoms. The molecule has 1 aromatic carbocycles. The molecule has 1 amide bonds. The first-order valence-electron chi connectivity index (χ1n) is 8.32. The lowest BCUT2D eigenvalue weighted by atomic mass is 9.86. The van der Waals surface area contributed by atoms with Crippen molar-refractivity contribution in [3.8, 4) is 0 Å². The zero-order chi connectivity index (χ0) is 14.7. The highest BCUT2D eigenvalue weighted by atomic mass is 16.3. The molecule has 0 aliphatic heterocycles. The van der Waals surface area contributed by atoms with Crippen molar-refractivity contribution in [1.29, 1.82) is 0 Å². The molecule has 0 saturated heterocycles. The van der Waals surface area contributed by atoms with Gasteiger partial charge in [0, 0.05) is 18.0 Å². The van der Waals surface area contributed by atoms with E-state index in [-0.39, 0.29) is 17.9 Å². The van der Waals surface area contributed by atoms with Crippen molar-refractivity contribution < 1.29 is 9.90 Å². The Hall–Kier alpha value is -1.35. The van der Waals surface area contributed by atoms with E-state index in [4.69, 9.17) is 0 Å². The number of hydrogen-bond acceptors (Lipinski definition) is 2. The maximum absolute atomic E-state index is 12.3. The molecule has 0 spiro atoms. The lowest BCUT2D eigenvalue weighted by Crippen LogP contribution is -2.36. The molecule has 1 fully saturated rings. The van der Waals surface area contributed by atoms with Crippen molar-refractivity contribution in [2.45, 2.75) is 57.5 Å². The van der Waals surface area contributed by atoms with Gasteiger partial charge in [0.2, 0.25) is 0 Å². The number of carbonyl (C=O) groups is 1. The van der Waals surface area contributed by atoms with Crippen LogP contribution in [-0.2, 0) is 12.8 Å². The van der Waals surface area contributed by atoms with E-state index in [0.717, 1.165) is 44.1 Å². The first-order chi connectivity index (χ1) is 10.2. The van der Waals surface area contributed by atoms with E-state index in [1.165, 1.54) is 24.0 Å². The molecule has 3 nitrogen and oxygen atoms in total. The summed E-state index contributed by atoms with van der Waals surface area (Å²) in [5.41, 5.74) is 3.51. The van der Waals surface area contributed by atoms with Gasteiger partial charge in [0.1, 0.15) is 0 Å². The minimum absolute atomic E-state index is 0.00106. The molecule has 0 bridgehead atoms. The average Bonchev–Trinajstić information content (AvgIpc) is 2.53. The van der Waals surface area contributed by atoms with E-state index >= 15 is 0 Å². The number of rotatable bonds is 3. The van der Waals surface area contributed by atoms with Crippen LogP contribution in [0.4, 0.5) is 0 Å². The highest BCUT2D eigenvalue weighted by Crippen LogP contribution is 2.24. The minimum Gasteiger partial charge on any atom is -0.393 e. The predicted molar refractivity (Wildman–Crippen MR) is 83.4 cm³/mol. The number of aliphatic hydroxyl groups excluding tert-OH is 1. The van der Waals surface area contributed by atoms with Gasteiger partial charge in [-0.3, -0.25) is 4.79 Å². The van der Waals surface area contributed by atoms with Gasteiger partial charge >= 0.3 is 0 Å². The van der Waals surface area contributed by atoms with Crippen molar-refractivity contribution >= 4 is 5.91 Å². The third kappa shape index (κ3) is 3.46. The van der Waals surface area contributed by atoms with Crippen molar-refractivity contribution in [2.24, 2.45) is 5.92 Å². The molecule has 0 aromatic heterocycles. The number of amides is 1. The van der Waals surface area contributed by atoms with Crippen LogP contribution in [0.25, 0.3) is 0 Å². The fraction of sp³-hybridized carbons (Fsp3) is 0.611. The summed E-state index contributed by atoms with van der Waals surface area (Å²) < 4.78 is 0. The Labute approximate surface area is 126 Å². The molecule has 1 aromatic rings. The van der Waals surface area contributed by atoms with Gasteiger partial charge < -0.3 is 10.4 Å². The van der Waals surface area contributed by atoms with Crippen molar-refractivity contribution in [1.82, 2.24) is 5.32 Å². The van der Waals surface area contributed by atoms with E-state index in [0.29, 0.717) is 6.54 Å². The average molecular weight is 287 g/mol. The second-order valence-electron chi connectivity index (χ2n) is 6.51. The second kappa shape index (κ2) is 6.61. The Bertz CT molecular complexity index is 512. The lowest BCUT2D eigenvalue weighted by Gasteiger charge is -2.27. The largest absolute Gasteiger partial charge is 0.393 e. The van der Waals surface area contributed by atoms with E-state index in [1.807, 2.05) is 6.07 Å². The number of aryl methyl sites for hydroxylation is 2. The third-order valence-electron chi connectivity index (χ3n) is 5.00. The van der Waals surface area contributed by atoms with Crippen LogP contribution in [-0.4, -0.2) is 23.7 Å². The molecule has 2 N–H and O–H groups in total. The molecule has 114 valence electrons. The fourth-order valence-corrected chi connectivity index (χ4v) is 3.63. The Kier molecular flexibility index (Phi) is 4.59. The van der Waals surface area contributed by atoms with E-state index in [2.05, 4.69) is 17.4 Å². The molecule has 1 saturated carbocycles. The maximum Gasteiger partial charge on any atom is 0.251 e. The Morgan fingerprint density at radius 1 is 1.10 bits per heavy atom. The smallest absolute Gasteiger partial charge is 0.251 e. The molecule has 0 radical (unpaired) electrons. The van der Waals surface area contributed by atoms with Gasteiger partial charge in [-0.15, -0.1) is 0 Å². The number of aliphatic hydroxyl groups is 1. The molecule has 2 aliphatic carbocycles. The van der Waals surface area contributed by atoms with Crippen molar-refractivity contribution in [3.05, 3.63) is 34.9 Å². The van der Waals surface area contributed by atoms with Crippen molar-refractivity contribution in [2.75, 3.05) is 6.54 Å². The highest BCUT2D eigenvalue weighted by Gasteiger charge is 2.23. The Morgan fingerprint density at radius 2 is 1.86 bits per heavy atom. The van der Waals surface area contributed by atoms with Crippen LogP contribution in [0.3, 0.4) is 0 Å². The highest BCUT2D eigenvalue weighted by molar-refractivity contribution is 5.94. The number of benzene rings is 1. The summed E-state index contributed by atoms with van der Waals surface area (Å²) in [6.45, 7) is 0.594. The van der Waals surface area contributed by atoms with E-state index in [1.54, 1.807) is 0 Å². The maximum atomic E-state index is 12.3.